The zero-order valence-electron chi connectivity index (χ0n) is 22.4. The summed E-state index contributed by atoms with van der Waals surface area (Å²) >= 11 is 0. The molecule has 5 rings (SSSR count). The zero-order chi connectivity index (χ0) is 25.2. The number of rotatable bonds is 7. The fraction of sp³-hybridized carbons (Fsp3) is 0.581. The highest BCUT2D eigenvalue weighted by atomic mass is 16.5. The molecular weight excluding hydrogens is 446 g/mol. The van der Waals surface area contributed by atoms with Crippen molar-refractivity contribution >= 4 is 6.03 Å². The smallest absolute Gasteiger partial charge is 0.320 e. The first kappa shape index (κ1) is 25.1. The van der Waals surface area contributed by atoms with Crippen molar-refractivity contribution in [3.63, 3.8) is 0 Å². The van der Waals surface area contributed by atoms with Crippen LogP contribution in [0.15, 0.2) is 54.6 Å². The standard InChI is InChI=1S/C31H43N3O2/c1-32(2)31(27-12-8-5-9-13-27)20-18-30(19-21-31)24-33(22-26-14-16-28(36-3)17-15-26)29(35)34(30)23-25-10-6-4-7-11-25/h5,8-9,12-17,25H,4,6-7,10-11,18-24H2,1-3H3. The van der Waals surface area contributed by atoms with E-state index in [0.29, 0.717) is 12.5 Å². The monoisotopic (exact) mass is 489 g/mol. The van der Waals surface area contributed by atoms with Crippen LogP contribution in [0.1, 0.15) is 68.9 Å². The molecule has 2 aromatic rings. The summed E-state index contributed by atoms with van der Waals surface area (Å²) in [6.45, 7) is 2.43. The lowest BCUT2D eigenvalue weighted by molar-refractivity contribution is 0.0183. The van der Waals surface area contributed by atoms with Crippen LogP contribution in [0.3, 0.4) is 0 Å². The minimum atomic E-state index is -0.0602. The highest BCUT2D eigenvalue weighted by Crippen LogP contribution is 2.49. The Morgan fingerprint density at radius 1 is 0.917 bits per heavy atom. The van der Waals surface area contributed by atoms with Crippen molar-refractivity contribution in [2.75, 3.05) is 34.3 Å². The molecule has 194 valence electrons. The summed E-state index contributed by atoms with van der Waals surface area (Å²) < 4.78 is 5.33. The molecule has 0 atom stereocenters. The number of hydrogen-bond donors (Lipinski definition) is 0. The summed E-state index contributed by atoms with van der Waals surface area (Å²) in [6, 6.07) is 19.4. The summed E-state index contributed by atoms with van der Waals surface area (Å²) in [4.78, 5) is 20.8. The molecule has 5 nitrogen and oxygen atoms in total. The van der Waals surface area contributed by atoms with Crippen LogP contribution < -0.4 is 4.74 Å². The van der Waals surface area contributed by atoms with Crippen molar-refractivity contribution in [3.05, 3.63) is 65.7 Å². The molecule has 2 aromatic carbocycles. The van der Waals surface area contributed by atoms with Crippen molar-refractivity contribution in [3.8, 4) is 5.75 Å². The van der Waals surface area contributed by atoms with Crippen LogP contribution in [0.25, 0.3) is 0 Å². The van der Waals surface area contributed by atoms with E-state index in [4.69, 9.17) is 4.74 Å². The van der Waals surface area contributed by atoms with E-state index in [1.165, 1.54) is 43.2 Å². The normalized spacial score (nSPS) is 27.3. The molecule has 1 saturated heterocycles. The second-order valence-corrected chi connectivity index (χ2v) is 11.6. The molecule has 36 heavy (non-hydrogen) atoms. The van der Waals surface area contributed by atoms with Crippen LogP contribution in [0.4, 0.5) is 4.79 Å². The van der Waals surface area contributed by atoms with Crippen molar-refractivity contribution in [2.45, 2.75) is 75.4 Å². The van der Waals surface area contributed by atoms with Gasteiger partial charge < -0.3 is 14.5 Å². The Bertz CT molecular complexity index is 1010. The summed E-state index contributed by atoms with van der Waals surface area (Å²) in [5.41, 5.74) is 2.55. The van der Waals surface area contributed by atoms with Gasteiger partial charge in [-0.1, -0.05) is 61.7 Å². The Morgan fingerprint density at radius 3 is 2.19 bits per heavy atom. The number of carbonyl (C=O) groups is 1. The van der Waals surface area contributed by atoms with E-state index in [9.17, 15) is 4.79 Å². The molecule has 2 amide bonds. The molecule has 0 radical (unpaired) electrons. The summed E-state index contributed by atoms with van der Waals surface area (Å²) in [5, 5.41) is 0. The SMILES string of the molecule is COc1ccc(CN2CC3(CCC(c4ccccc4)(N(C)C)CC3)N(CC3CCCCC3)C2=O)cc1. The van der Waals surface area contributed by atoms with Gasteiger partial charge in [0.15, 0.2) is 0 Å². The predicted molar refractivity (Wildman–Crippen MR) is 145 cm³/mol. The van der Waals surface area contributed by atoms with E-state index < -0.39 is 0 Å². The molecular formula is C31H43N3O2. The van der Waals surface area contributed by atoms with Gasteiger partial charge in [0, 0.05) is 25.2 Å². The van der Waals surface area contributed by atoms with Crippen LogP contribution in [-0.2, 0) is 12.1 Å². The van der Waals surface area contributed by atoms with E-state index in [0.717, 1.165) is 44.5 Å². The topological polar surface area (TPSA) is 36.0 Å². The molecule has 1 heterocycles. The summed E-state index contributed by atoms with van der Waals surface area (Å²) in [5.74, 6) is 1.50. The van der Waals surface area contributed by atoms with Crippen molar-refractivity contribution in [1.82, 2.24) is 14.7 Å². The van der Waals surface area contributed by atoms with E-state index in [1.807, 2.05) is 12.1 Å². The predicted octanol–water partition coefficient (Wildman–Crippen LogP) is 6.28. The van der Waals surface area contributed by atoms with Gasteiger partial charge in [-0.2, -0.15) is 0 Å². The Hall–Kier alpha value is -2.53. The van der Waals surface area contributed by atoms with Gasteiger partial charge in [0.05, 0.1) is 12.6 Å². The molecule has 0 unspecified atom stereocenters. The third kappa shape index (κ3) is 4.74. The highest BCUT2D eigenvalue weighted by Gasteiger charge is 2.54. The summed E-state index contributed by atoms with van der Waals surface area (Å²) in [6.07, 6.45) is 10.8. The maximum atomic E-state index is 14.0. The van der Waals surface area contributed by atoms with Gasteiger partial charge in [-0.05, 0) is 81.8 Å². The van der Waals surface area contributed by atoms with Gasteiger partial charge in [-0.15, -0.1) is 0 Å². The number of benzene rings is 2. The lowest BCUT2D eigenvalue weighted by Crippen LogP contribution is -2.56. The number of ether oxygens (including phenoxy) is 1. The first-order valence-corrected chi connectivity index (χ1v) is 13.9. The molecule has 0 N–H and O–H groups in total. The molecule has 3 fully saturated rings. The third-order valence-electron chi connectivity index (χ3n) is 9.43. The van der Waals surface area contributed by atoms with E-state index in [1.54, 1.807) is 7.11 Å². The Balaban J connectivity index is 1.39. The second-order valence-electron chi connectivity index (χ2n) is 11.6. The maximum Gasteiger partial charge on any atom is 0.320 e. The molecule has 2 aliphatic carbocycles. The Kier molecular flexibility index (Phi) is 7.30. The van der Waals surface area contributed by atoms with Crippen LogP contribution in [0.2, 0.25) is 0 Å². The molecule has 3 aliphatic rings. The average Bonchev–Trinajstić information content (AvgIpc) is 3.16. The fourth-order valence-corrected chi connectivity index (χ4v) is 7.16. The quantitative estimate of drug-likeness (QED) is 0.459. The average molecular weight is 490 g/mol. The number of methoxy groups -OCH3 is 1. The third-order valence-corrected chi connectivity index (χ3v) is 9.43. The van der Waals surface area contributed by atoms with Gasteiger partial charge >= 0.3 is 6.03 Å². The second kappa shape index (κ2) is 10.5. The van der Waals surface area contributed by atoms with Crippen LogP contribution in [0, 0.1) is 5.92 Å². The summed E-state index contributed by atoms with van der Waals surface area (Å²) in [7, 11) is 6.14. The number of carbonyl (C=O) groups excluding carboxylic acids is 1. The molecule has 2 saturated carbocycles. The minimum absolute atomic E-state index is 0.0372. The minimum Gasteiger partial charge on any atom is -0.497 e. The first-order valence-electron chi connectivity index (χ1n) is 13.9. The zero-order valence-corrected chi connectivity index (χ0v) is 22.4. The lowest BCUT2D eigenvalue weighted by atomic mass is 9.68. The van der Waals surface area contributed by atoms with Crippen molar-refractivity contribution < 1.29 is 9.53 Å². The number of amides is 2. The van der Waals surface area contributed by atoms with E-state index in [2.05, 4.69) is 71.3 Å². The number of urea groups is 1. The largest absolute Gasteiger partial charge is 0.497 e. The van der Waals surface area contributed by atoms with Crippen molar-refractivity contribution in [2.24, 2.45) is 5.92 Å². The van der Waals surface area contributed by atoms with Crippen molar-refractivity contribution in [1.29, 1.82) is 0 Å². The van der Waals surface area contributed by atoms with Gasteiger partial charge in [-0.25, -0.2) is 4.79 Å². The highest BCUT2D eigenvalue weighted by molar-refractivity contribution is 5.78. The molecule has 5 heteroatoms. The molecule has 1 spiro atoms. The molecule has 1 aliphatic heterocycles. The van der Waals surface area contributed by atoms with Gasteiger partial charge in [-0.3, -0.25) is 4.90 Å². The van der Waals surface area contributed by atoms with Gasteiger partial charge in [0.2, 0.25) is 0 Å². The first-order chi connectivity index (χ1) is 17.5. The van der Waals surface area contributed by atoms with Crippen LogP contribution in [-0.4, -0.2) is 60.6 Å². The Morgan fingerprint density at radius 2 is 1.58 bits per heavy atom. The molecule has 0 aromatic heterocycles. The maximum absolute atomic E-state index is 14.0. The molecule has 0 bridgehead atoms. The number of nitrogens with zero attached hydrogens (tertiary/aromatic N) is 3. The van der Waals surface area contributed by atoms with Gasteiger partial charge in [0.1, 0.15) is 5.75 Å². The van der Waals surface area contributed by atoms with Crippen LogP contribution in [0.5, 0.6) is 5.75 Å². The lowest BCUT2D eigenvalue weighted by Gasteiger charge is -2.51. The number of hydrogen-bond acceptors (Lipinski definition) is 3. The fourth-order valence-electron chi connectivity index (χ4n) is 7.16. The van der Waals surface area contributed by atoms with Gasteiger partial charge in [0.25, 0.3) is 0 Å². The van der Waals surface area contributed by atoms with E-state index >= 15 is 0 Å². The van der Waals surface area contributed by atoms with E-state index in [-0.39, 0.29) is 17.1 Å². The Labute approximate surface area is 217 Å². The van der Waals surface area contributed by atoms with Crippen LogP contribution >= 0.6 is 0 Å².